The predicted octanol–water partition coefficient (Wildman–Crippen LogP) is 2.32. The Balaban J connectivity index is 2.15. The molecule has 0 saturated carbocycles. The van der Waals surface area contributed by atoms with Crippen LogP contribution in [0.3, 0.4) is 0 Å². The minimum absolute atomic E-state index is 0.624. The lowest BCUT2D eigenvalue weighted by molar-refractivity contribution is 0.409. The Bertz CT molecular complexity index is 506. The van der Waals surface area contributed by atoms with Crippen molar-refractivity contribution in [3.63, 3.8) is 0 Å². The third kappa shape index (κ3) is 2.90. The standard InChI is InChI=1S/C15H17N3/c16-11-15(14-9-5-2-6-10-14)18(17)12-13-7-3-1-4-8-13/h1-11H,12,16-17H2/b15-11-. The van der Waals surface area contributed by atoms with Crippen LogP contribution in [0.1, 0.15) is 11.1 Å². The van der Waals surface area contributed by atoms with Crippen LogP contribution in [0.2, 0.25) is 0 Å². The van der Waals surface area contributed by atoms with Crippen molar-refractivity contribution >= 4 is 5.70 Å². The first kappa shape index (κ1) is 12.2. The smallest absolute Gasteiger partial charge is 0.0747 e. The average Bonchev–Trinajstić information content (AvgIpc) is 2.42. The lowest BCUT2D eigenvalue weighted by Crippen LogP contribution is -2.29. The summed E-state index contributed by atoms with van der Waals surface area (Å²) in [5.41, 5.74) is 8.66. The second-order valence-electron chi connectivity index (χ2n) is 4.03. The van der Waals surface area contributed by atoms with Crippen LogP contribution in [0.25, 0.3) is 5.70 Å². The molecule has 4 N–H and O–H groups in total. The number of nitrogens with zero attached hydrogens (tertiary/aromatic N) is 1. The third-order valence-corrected chi connectivity index (χ3v) is 2.73. The number of hydrogen-bond acceptors (Lipinski definition) is 3. The fraction of sp³-hybridized carbons (Fsp3) is 0.0667. The lowest BCUT2D eigenvalue weighted by Gasteiger charge is -2.22. The van der Waals surface area contributed by atoms with Gasteiger partial charge in [0.15, 0.2) is 0 Å². The summed E-state index contributed by atoms with van der Waals surface area (Å²) in [4.78, 5) is 0. The molecular formula is C15H17N3. The molecule has 0 aliphatic rings. The molecule has 0 amide bonds. The van der Waals surface area contributed by atoms with Crippen LogP contribution in [0.5, 0.6) is 0 Å². The Hall–Kier alpha value is -2.26. The van der Waals surface area contributed by atoms with E-state index in [1.165, 1.54) is 6.20 Å². The monoisotopic (exact) mass is 239 g/mol. The number of rotatable bonds is 4. The summed E-state index contributed by atoms with van der Waals surface area (Å²) in [6.45, 7) is 0.624. The number of benzene rings is 2. The van der Waals surface area contributed by atoms with Gasteiger partial charge >= 0.3 is 0 Å². The maximum Gasteiger partial charge on any atom is 0.0747 e. The Labute approximate surface area is 107 Å². The number of hydrazine groups is 1. The van der Waals surface area contributed by atoms with Gasteiger partial charge in [-0.3, -0.25) is 0 Å². The first-order valence-corrected chi connectivity index (χ1v) is 5.84. The van der Waals surface area contributed by atoms with Crippen molar-refractivity contribution in [2.75, 3.05) is 0 Å². The highest BCUT2D eigenvalue weighted by Gasteiger charge is 2.07. The Morgan fingerprint density at radius 3 is 2.06 bits per heavy atom. The number of hydrogen-bond donors (Lipinski definition) is 2. The normalized spacial score (nSPS) is 11.3. The SMILES string of the molecule is N/C=C(/c1ccccc1)N(N)Cc1ccccc1. The highest BCUT2D eigenvalue weighted by molar-refractivity contribution is 5.63. The predicted molar refractivity (Wildman–Crippen MR) is 74.8 cm³/mol. The van der Waals surface area contributed by atoms with Gasteiger partial charge in [-0.05, 0) is 5.56 Å². The molecule has 2 aromatic carbocycles. The summed E-state index contributed by atoms with van der Waals surface area (Å²) in [5, 5.41) is 1.66. The molecular weight excluding hydrogens is 222 g/mol. The quantitative estimate of drug-likeness (QED) is 0.636. The van der Waals surface area contributed by atoms with Crippen molar-refractivity contribution in [1.29, 1.82) is 0 Å². The molecule has 0 aliphatic heterocycles. The molecule has 0 heterocycles. The van der Waals surface area contributed by atoms with E-state index in [9.17, 15) is 0 Å². The molecule has 2 aromatic rings. The van der Waals surface area contributed by atoms with E-state index in [0.29, 0.717) is 6.54 Å². The lowest BCUT2D eigenvalue weighted by atomic mass is 10.1. The van der Waals surface area contributed by atoms with E-state index in [0.717, 1.165) is 16.8 Å². The molecule has 0 aromatic heterocycles. The highest BCUT2D eigenvalue weighted by Crippen LogP contribution is 2.17. The third-order valence-electron chi connectivity index (χ3n) is 2.73. The van der Waals surface area contributed by atoms with E-state index in [1.54, 1.807) is 5.01 Å². The van der Waals surface area contributed by atoms with Gasteiger partial charge in [0.05, 0.1) is 12.2 Å². The van der Waals surface area contributed by atoms with Crippen molar-refractivity contribution < 1.29 is 0 Å². The first-order chi connectivity index (χ1) is 8.81. The molecule has 2 rings (SSSR count). The van der Waals surface area contributed by atoms with Crippen LogP contribution < -0.4 is 11.6 Å². The van der Waals surface area contributed by atoms with E-state index >= 15 is 0 Å². The highest BCUT2D eigenvalue weighted by atomic mass is 15.4. The van der Waals surface area contributed by atoms with Crippen LogP contribution in [0, 0.1) is 0 Å². The Kier molecular flexibility index (Phi) is 3.99. The number of nitrogens with two attached hydrogens (primary N) is 2. The molecule has 0 unspecified atom stereocenters. The summed E-state index contributed by atoms with van der Waals surface area (Å²) in [6.07, 6.45) is 1.54. The summed E-state index contributed by atoms with van der Waals surface area (Å²) in [7, 11) is 0. The van der Waals surface area contributed by atoms with Gasteiger partial charge < -0.3 is 10.7 Å². The van der Waals surface area contributed by atoms with Gasteiger partial charge in [-0.15, -0.1) is 0 Å². The molecule has 3 heteroatoms. The van der Waals surface area contributed by atoms with Crippen LogP contribution in [-0.2, 0) is 6.54 Å². The molecule has 3 nitrogen and oxygen atoms in total. The topological polar surface area (TPSA) is 55.3 Å². The zero-order chi connectivity index (χ0) is 12.8. The van der Waals surface area contributed by atoms with Crippen molar-refractivity contribution in [1.82, 2.24) is 5.01 Å². The molecule has 92 valence electrons. The molecule has 0 aliphatic carbocycles. The molecule has 0 saturated heterocycles. The van der Waals surface area contributed by atoms with Crippen molar-refractivity contribution in [2.24, 2.45) is 11.6 Å². The zero-order valence-electron chi connectivity index (χ0n) is 10.2. The molecule has 18 heavy (non-hydrogen) atoms. The minimum Gasteiger partial charge on any atom is -0.403 e. The van der Waals surface area contributed by atoms with Gasteiger partial charge in [0, 0.05) is 11.8 Å². The van der Waals surface area contributed by atoms with Crippen molar-refractivity contribution in [2.45, 2.75) is 6.54 Å². The van der Waals surface area contributed by atoms with E-state index in [-0.39, 0.29) is 0 Å². The maximum atomic E-state index is 6.08. The Morgan fingerprint density at radius 2 is 1.50 bits per heavy atom. The van der Waals surface area contributed by atoms with Gasteiger partial charge in [-0.1, -0.05) is 60.7 Å². The fourth-order valence-electron chi connectivity index (χ4n) is 1.83. The van der Waals surface area contributed by atoms with E-state index in [2.05, 4.69) is 0 Å². The van der Waals surface area contributed by atoms with Crippen LogP contribution in [0.15, 0.2) is 66.9 Å². The summed E-state index contributed by atoms with van der Waals surface area (Å²) >= 11 is 0. The van der Waals surface area contributed by atoms with Crippen molar-refractivity contribution in [3.8, 4) is 0 Å². The van der Waals surface area contributed by atoms with Crippen molar-refractivity contribution in [3.05, 3.63) is 78.0 Å². The molecule has 0 radical (unpaired) electrons. The molecule has 0 fully saturated rings. The summed E-state index contributed by atoms with van der Waals surface area (Å²) in [6, 6.07) is 19.9. The van der Waals surface area contributed by atoms with E-state index in [4.69, 9.17) is 11.6 Å². The van der Waals surface area contributed by atoms with Gasteiger partial charge in [0.1, 0.15) is 0 Å². The van der Waals surface area contributed by atoms with Gasteiger partial charge in [-0.25, -0.2) is 5.84 Å². The molecule has 0 atom stereocenters. The fourth-order valence-corrected chi connectivity index (χ4v) is 1.83. The zero-order valence-corrected chi connectivity index (χ0v) is 10.2. The minimum atomic E-state index is 0.624. The van der Waals surface area contributed by atoms with Gasteiger partial charge in [0.25, 0.3) is 0 Å². The van der Waals surface area contributed by atoms with Gasteiger partial charge in [0.2, 0.25) is 0 Å². The summed E-state index contributed by atoms with van der Waals surface area (Å²) in [5.74, 6) is 6.08. The van der Waals surface area contributed by atoms with Gasteiger partial charge in [-0.2, -0.15) is 0 Å². The van der Waals surface area contributed by atoms with E-state index in [1.807, 2.05) is 60.7 Å². The average molecular weight is 239 g/mol. The molecule has 0 bridgehead atoms. The van der Waals surface area contributed by atoms with Crippen LogP contribution in [0.4, 0.5) is 0 Å². The van der Waals surface area contributed by atoms with E-state index < -0.39 is 0 Å². The Morgan fingerprint density at radius 1 is 0.944 bits per heavy atom. The maximum absolute atomic E-state index is 6.08. The largest absolute Gasteiger partial charge is 0.403 e. The first-order valence-electron chi connectivity index (χ1n) is 5.84. The second-order valence-corrected chi connectivity index (χ2v) is 4.03. The molecule has 0 spiro atoms. The second kappa shape index (κ2) is 5.89. The van der Waals surface area contributed by atoms with Crippen LogP contribution >= 0.6 is 0 Å². The summed E-state index contributed by atoms with van der Waals surface area (Å²) < 4.78 is 0. The van der Waals surface area contributed by atoms with Crippen LogP contribution in [-0.4, -0.2) is 5.01 Å².